The number of unbranched alkanes of at least 4 members (excludes halogenated alkanes) is 1. The minimum Gasteiger partial charge on any atom is -0.314 e. The van der Waals surface area contributed by atoms with E-state index in [1.807, 2.05) is 43.5 Å². The number of aryl methyl sites for hydroxylation is 1. The van der Waals surface area contributed by atoms with Gasteiger partial charge in [-0.1, -0.05) is 43.0 Å². The lowest BCUT2D eigenvalue weighted by molar-refractivity contribution is -0.111. The molecule has 3 nitrogen and oxygen atoms in total. The van der Waals surface area contributed by atoms with Gasteiger partial charge in [-0.2, -0.15) is 0 Å². The SMILES string of the molecule is CC#CC(=O)Nc1cc(-c2cnc(C)c(/C(Cl)=C\CCC)c2)ccc1I. The van der Waals surface area contributed by atoms with E-state index in [9.17, 15) is 4.79 Å². The molecule has 0 fully saturated rings. The lowest BCUT2D eigenvalue weighted by Gasteiger charge is -2.11. The minimum absolute atomic E-state index is 0.323. The summed E-state index contributed by atoms with van der Waals surface area (Å²) in [5.41, 5.74) is 4.45. The molecule has 0 spiro atoms. The van der Waals surface area contributed by atoms with Crippen molar-refractivity contribution in [3.05, 3.63) is 51.4 Å². The van der Waals surface area contributed by atoms with Crippen LogP contribution in [0.4, 0.5) is 5.69 Å². The van der Waals surface area contributed by atoms with Crippen molar-refractivity contribution in [3.8, 4) is 23.0 Å². The Morgan fingerprint density at radius 1 is 1.35 bits per heavy atom. The Hall–Kier alpha value is -1.84. The summed E-state index contributed by atoms with van der Waals surface area (Å²) >= 11 is 8.64. The number of hydrogen-bond acceptors (Lipinski definition) is 2. The maximum Gasteiger partial charge on any atom is 0.300 e. The van der Waals surface area contributed by atoms with Crippen LogP contribution in [-0.2, 0) is 4.79 Å². The second-order valence-electron chi connectivity index (χ2n) is 5.72. The molecule has 0 aliphatic rings. The maximum atomic E-state index is 11.8. The highest BCUT2D eigenvalue weighted by molar-refractivity contribution is 14.1. The van der Waals surface area contributed by atoms with Crippen LogP contribution in [0.15, 0.2) is 36.5 Å². The van der Waals surface area contributed by atoms with E-state index in [1.54, 1.807) is 6.92 Å². The number of halogens is 2. The molecule has 1 heterocycles. The van der Waals surface area contributed by atoms with E-state index in [-0.39, 0.29) is 5.91 Å². The molecule has 0 radical (unpaired) electrons. The van der Waals surface area contributed by atoms with Crippen molar-refractivity contribution in [1.29, 1.82) is 0 Å². The first-order valence-corrected chi connectivity index (χ1v) is 9.78. The molecule has 2 rings (SSSR count). The second kappa shape index (κ2) is 9.75. The normalized spacial score (nSPS) is 10.9. The highest BCUT2D eigenvalue weighted by Gasteiger charge is 2.10. The zero-order valence-corrected chi connectivity index (χ0v) is 17.9. The minimum atomic E-state index is -0.323. The predicted octanol–water partition coefficient (Wildman–Crippen LogP) is 6.00. The standard InChI is InChI=1S/C21H20ClIN2O/c1-4-6-8-18(22)17-11-16(13-24-14(17)3)15-9-10-19(23)20(12-15)25-21(26)7-5-2/h8-13H,4,6H2,1-3H3,(H,25,26)/b18-8+. The smallest absolute Gasteiger partial charge is 0.300 e. The second-order valence-corrected chi connectivity index (χ2v) is 7.29. The van der Waals surface area contributed by atoms with Crippen LogP contribution in [0.25, 0.3) is 16.2 Å². The van der Waals surface area contributed by atoms with Gasteiger partial charge in [0.05, 0.1) is 5.69 Å². The molecule has 5 heteroatoms. The molecule has 0 saturated heterocycles. The summed E-state index contributed by atoms with van der Waals surface area (Å²) in [5.74, 6) is 4.77. The summed E-state index contributed by atoms with van der Waals surface area (Å²) in [5, 5.41) is 3.54. The van der Waals surface area contributed by atoms with Crippen molar-refractivity contribution in [3.63, 3.8) is 0 Å². The van der Waals surface area contributed by atoms with Gasteiger partial charge < -0.3 is 5.32 Å². The van der Waals surface area contributed by atoms with Gasteiger partial charge in [0.15, 0.2) is 0 Å². The first-order chi connectivity index (χ1) is 12.5. The molecule has 0 unspecified atom stereocenters. The third kappa shape index (κ3) is 5.33. The number of amides is 1. The number of nitrogens with one attached hydrogen (secondary N) is 1. The van der Waals surface area contributed by atoms with E-state index in [0.29, 0.717) is 0 Å². The van der Waals surface area contributed by atoms with Gasteiger partial charge >= 0.3 is 0 Å². The van der Waals surface area contributed by atoms with Gasteiger partial charge in [0.2, 0.25) is 0 Å². The van der Waals surface area contributed by atoms with E-state index >= 15 is 0 Å². The lowest BCUT2D eigenvalue weighted by Crippen LogP contribution is -2.09. The molecule has 26 heavy (non-hydrogen) atoms. The van der Waals surface area contributed by atoms with E-state index < -0.39 is 0 Å². The fraction of sp³-hybridized carbons (Fsp3) is 0.238. The summed E-state index contributed by atoms with van der Waals surface area (Å²) in [4.78, 5) is 16.3. The van der Waals surface area contributed by atoms with Gasteiger partial charge in [0.1, 0.15) is 0 Å². The molecule has 1 aromatic carbocycles. The quantitative estimate of drug-likeness (QED) is 0.423. The number of anilines is 1. The monoisotopic (exact) mass is 478 g/mol. The largest absolute Gasteiger partial charge is 0.314 e. The summed E-state index contributed by atoms with van der Waals surface area (Å²) in [6.07, 6.45) is 5.82. The van der Waals surface area contributed by atoms with Crippen molar-refractivity contribution in [2.75, 3.05) is 5.32 Å². The average molecular weight is 479 g/mol. The molecule has 1 amide bonds. The fourth-order valence-corrected chi connectivity index (χ4v) is 3.15. The first kappa shape index (κ1) is 20.5. The highest BCUT2D eigenvalue weighted by atomic mass is 127. The molecule has 2 aromatic rings. The number of nitrogens with zero attached hydrogens (tertiary/aromatic N) is 1. The summed E-state index contributed by atoms with van der Waals surface area (Å²) < 4.78 is 0.943. The van der Waals surface area contributed by atoms with E-state index in [4.69, 9.17) is 11.6 Å². The van der Waals surface area contributed by atoms with Crippen molar-refractivity contribution in [1.82, 2.24) is 4.98 Å². The summed E-state index contributed by atoms with van der Waals surface area (Å²) in [6, 6.07) is 7.93. The molecule has 1 N–H and O–H groups in total. The highest BCUT2D eigenvalue weighted by Crippen LogP contribution is 2.30. The Balaban J connectivity index is 2.42. The zero-order valence-electron chi connectivity index (χ0n) is 15.0. The molecule has 134 valence electrons. The van der Waals surface area contributed by atoms with E-state index in [0.717, 1.165) is 49.5 Å². The Morgan fingerprint density at radius 2 is 2.12 bits per heavy atom. The third-order valence-electron chi connectivity index (χ3n) is 3.74. The number of aromatic nitrogens is 1. The van der Waals surface area contributed by atoms with Gasteiger partial charge in [-0.3, -0.25) is 9.78 Å². The molecule has 0 saturated carbocycles. The van der Waals surface area contributed by atoms with E-state index in [2.05, 4.69) is 51.7 Å². The Kier molecular flexibility index (Phi) is 7.67. The molecule has 1 aromatic heterocycles. The topological polar surface area (TPSA) is 42.0 Å². The van der Waals surface area contributed by atoms with Crippen molar-refractivity contribution in [2.45, 2.75) is 33.6 Å². The van der Waals surface area contributed by atoms with Gasteiger partial charge in [-0.05, 0) is 72.5 Å². The molecule has 0 aliphatic carbocycles. The molecule has 0 aliphatic heterocycles. The molecule has 0 bridgehead atoms. The van der Waals surface area contributed by atoms with Crippen LogP contribution in [0, 0.1) is 22.3 Å². The summed E-state index contributed by atoms with van der Waals surface area (Å²) in [7, 11) is 0. The zero-order chi connectivity index (χ0) is 19.1. The Bertz CT molecular complexity index is 910. The van der Waals surface area contributed by atoms with Crippen LogP contribution in [0.3, 0.4) is 0 Å². The van der Waals surface area contributed by atoms with Gasteiger partial charge in [-0.25, -0.2) is 0 Å². The Labute approximate surface area is 173 Å². The number of pyridine rings is 1. The number of benzene rings is 1. The van der Waals surface area contributed by atoms with Gasteiger partial charge in [0, 0.05) is 31.6 Å². The van der Waals surface area contributed by atoms with Gasteiger partial charge in [-0.15, -0.1) is 0 Å². The van der Waals surface area contributed by atoms with Gasteiger partial charge in [0.25, 0.3) is 5.91 Å². The van der Waals surface area contributed by atoms with E-state index in [1.165, 1.54) is 0 Å². The van der Waals surface area contributed by atoms with Crippen LogP contribution in [0.1, 0.15) is 37.9 Å². The molecule has 0 atom stereocenters. The van der Waals surface area contributed by atoms with Crippen LogP contribution in [0.2, 0.25) is 0 Å². The number of allylic oxidation sites excluding steroid dienone is 1. The van der Waals surface area contributed by atoms with Crippen LogP contribution < -0.4 is 5.32 Å². The molecular weight excluding hydrogens is 459 g/mol. The lowest BCUT2D eigenvalue weighted by atomic mass is 10.0. The van der Waals surface area contributed by atoms with Crippen molar-refractivity contribution in [2.24, 2.45) is 0 Å². The Morgan fingerprint density at radius 3 is 2.81 bits per heavy atom. The van der Waals surface area contributed by atoms with Crippen molar-refractivity contribution < 1.29 is 4.79 Å². The summed E-state index contributed by atoms with van der Waals surface area (Å²) in [6.45, 7) is 5.70. The maximum absolute atomic E-state index is 11.8. The number of hydrogen-bond donors (Lipinski definition) is 1. The number of rotatable bonds is 5. The van der Waals surface area contributed by atoms with Crippen molar-refractivity contribution >= 4 is 50.8 Å². The average Bonchev–Trinajstić information content (AvgIpc) is 2.62. The number of carbonyl (C=O) groups is 1. The van der Waals surface area contributed by atoms with Crippen LogP contribution in [-0.4, -0.2) is 10.9 Å². The first-order valence-electron chi connectivity index (χ1n) is 8.32. The predicted molar refractivity (Wildman–Crippen MR) is 118 cm³/mol. The fourth-order valence-electron chi connectivity index (χ4n) is 2.38. The van der Waals surface area contributed by atoms with Crippen LogP contribution in [0.5, 0.6) is 0 Å². The molecular formula is C21H20ClIN2O. The number of carbonyl (C=O) groups excluding carboxylic acids is 1. The van der Waals surface area contributed by atoms with Crippen LogP contribution >= 0.6 is 34.2 Å². The third-order valence-corrected chi connectivity index (χ3v) is 5.04.